The maximum Gasteiger partial charge on any atom is 0.222 e. The van der Waals surface area contributed by atoms with Crippen molar-refractivity contribution in [3.05, 3.63) is 48.4 Å². The van der Waals surface area contributed by atoms with Crippen molar-refractivity contribution in [2.24, 2.45) is 0 Å². The lowest BCUT2D eigenvalue weighted by atomic mass is 9.83. The Labute approximate surface area is 186 Å². The molecule has 168 valence electrons. The molecule has 0 saturated carbocycles. The van der Waals surface area contributed by atoms with Crippen LogP contribution in [-0.2, 0) is 10.3 Å². The summed E-state index contributed by atoms with van der Waals surface area (Å²) in [5.41, 5.74) is 1.44. The summed E-state index contributed by atoms with van der Waals surface area (Å²) in [6.45, 7) is 0. The largest absolute Gasteiger partial charge is 0.481 e. The van der Waals surface area contributed by atoms with Gasteiger partial charge in [0.25, 0.3) is 0 Å². The normalized spacial score (nSPS) is 18.3. The Morgan fingerprint density at radius 2 is 2.16 bits per heavy atom. The minimum atomic E-state index is -0.543. The van der Waals surface area contributed by atoms with E-state index >= 15 is 0 Å². The first-order chi connectivity index (χ1) is 15.6. The Hall–Kier alpha value is -3.49. The zero-order valence-corrected chi connectivity index (χ0v) is 18.1. The lowest BCUT2D eigenvalue weighted by Gasteiger charge is -2.36. The average Bonchev–Trinajstić information content (AvgIpc) is 3.51. The number of nitrogens with zero attached hydrogens (tertiary/aromatic N) is 3. The second-order valence-electron chi connectivity index (χ2n) is 8.06. The Morgan fingerprint density at radius 1 is 1.25 bits per heavy atom. The third-order valence-corrected chi connectivity index (χ3v) is 5.90. The van der Waals surface area contributed by atoms with Crippen molar-refractivity contribution in [3.8, 4) is 17.1 Å². The van der Waals surface area contributed by atoms with E-state index in [1.807, 2.05) is 12.1 Å². The van der Waals surface area contributed by atoms with E-state index in [-0.39, 0.29) is 11.7 Å². The standard InChI is InChI=1S/C23H27N5O4/c1-31-21-16(7-6-13-24-21)18-15-25-22(26-18)23(12-5-9-20(30)27-23)11-4-2-3-8-19(29)17-10-14-32-28-17/h6-7,10,13-15H,2-5,8-9,11-12H2,1H3,(H,25,26)(H,27,30). The van der Waals surface area contributed by atoms with Crippen LogP contribution < -0.4 is 10.1 Å². The minimum absolute atomic E-state index is 0.0134. The monoisotopic (exact) mass is 437 g/mol. The molecule has 1 fully saturated rings. The van der Waals surface area contributed by atoms with Crippen molar-refractivity contribution < 1.29 is 18.8 Å². The van der Waals surface area contributed by atoms with Crippen molar-refractivity contribution in [1.82, 2.24) is 25.4 Å². The highest BCUT2D eigenvalue weighted by Gasteiger charge is 2.38. The molecule has 3 aromatic heterocycles. The minimum Gasteiger partial charge on any atom is -0.481 e. The number of carbonyl (C=O) groups excluding carboxylic acids is 2. The maximum atomic E-state index is 12.3. The quantitative estimate of drug-likeness (QED) is 0.365. The molecule has 1 saturated heterocycles. The van der Waals surface area contributed by atoms with Gasteiger partial charge in [0.05, 0.1) is 30.1 Å². The highest BCUT2D eigenvalue weighted by Crippen LogP contribution is 2.36. The predicted molar refractivity (Wildman–Crippen MR) is 116 cm³/mol. The lowest BCUT2D eigenvalue weighted by Crippen LogP contribution is -2.49. The highest BCUT2D eigenvalue weighted by molar-refractivity contribution is 5.93. The molecule has 1 aliphatic rings. The smallest absolute Gasteiger partial charge is 0.222 e. The number of piperidine rings is 1. The number of aromatic nitrogens is 4. The van der Waals surface area contributed by atoms with Crippen LogP contribution in [0.1, 0.15) is 67.7 Å². The first-order valence-corrected chi connectivity index (χ1v) is 10.9. The Balaban J connectivity index is 1.43. The Morgan fingerprint density at radius 3 is 2.94 bits per heavy atom. The molecular weight excluding hydrogens is 410 g/mol. The zero-order chi connectivity index (χ0) is 22.4. The number of hydrogen-bond donors (Lipinski definition) is 2. The van der Waals surface area contributed by atoms with E-state index in [1.54, 1.807) is 25.6 Å². The fraction of sp³-hybridized carbons (Fsp3) is 0.435. The summed E-state index contributed by atoms with van der Waals surface area (Å²) >= 11 is 0. The number of nitrogens with one attached hydrogen (secondary N) is 2. The van der Waals surface area contributed by atoms with Gasteiger partial charge in [0, 0.05) is 25.1 Å². The van der Waals surface area contributed by atoms with E-state index in [0.29, 0.717) is 24.4 Å². The van der Waals surface area contributed by atoms with Crippen LogP contribution in [0.15, 0.2) is 41.4 Å². The molecule has 0 spiro atoms. The molecular formula is C23H27N5O4. The van der Waals surface area contributed by atoms with Gasteiger partial charge in [-0.15, -0.1) is 0 Å². The molecule has 0 aromatic carbocycles. The van der Waals surface area contributed by atoms with E-state index in [4.69, 9.17) is 9.26 Å². The molecule has 9 nitrogen and oxygen atoms in total. The van der Waals surface area contributed by atoms with Crippen molar-refractivity contribution in [2.75, 3.05) is 7.11 Å². The SMILES string of the molecule is COc1ncccc1-c1cnc(C2(CCCCCC(=O)c3ccon3)CCCC(=O)N2)[nH]1. The van der Waals surface area contributed by atoms with Gasteiger partial charge in [-0.25, -0.2) is 9.97 Å². The van der Waals surface area contributed by atoms with Gasteiger partial charge >= 0.3 is 0 Å². The van der Waals surface area contributed by atoms with Gasteiger partial charge in [-0.05, 0) is 37.8 Å². The van der Waals surface area contributed by atoms with E-state index in [9.17, 15) is 9.59 Å². The highest BCUT2D eigenvalue weighted by atomic mass is 16.5. The first kappa shape index (κ1) is 21.7. The molecule has 1 amide bonds. The van der Waals surface area contributed by atoms with E-state index in [0.717, 1.165) is 55.6 Å². The van der Waals surface area contributed by atoms with Crippen LogP contribution in [0.3, 0.4) is 0 Å². The van der Waals surface area contributed by atoms with Crippen molar-refractivity contribution in [3.63, 3.8) is 0 Å². The lowest BCUT2D eigenvalue weighted by molar-refractivity contribution is -0.125. The predicted octanol–water partition coefficient (Wildman–Crippen LogP) is 3.80. The fourth-order valence-corrected chi connectivity index (χ4v) is 4.26. The Bertz CT molecular complexity index is 1060. The van der Waals surface area contributed by atoms with Gasteiger partial charge < -0.3 is 19.6 Å². The van der Waals surface area contributed by atoms with Gasteiger partial charge in [0.1, 0.15) is 17.8 Å². The molecule has 9 heteroatoms. The summed E-state index contributed by atoms with van der Waals surface area (Å²) in [5, 5.41) is 6.88. The number of ether oxygens (including phenoxy) is 1. The van der Waals surface area contributed by atoms with Crippen LogP contribution in [0.5, 0.6) is 5.88 Å². The summed E-state index contributed by atoms with van der Waals surface area (Å²) in [4.78, 5) is 36.7. The zero-order valence-electron chi connectivity index (χ0n) is 18.1. The fourth-order valence-electron chi connectivity index (χ4n) is 4.26. The van der Waals surface area contributed by atoms with Gasteiger partial charge in [-0.3, -0.25) is 9.59 Å². The number of carbonyl (C=O) groups is 2. The summed E-state index contributed by atoms with van der Waals surface area (Å²) < 4.78 is 10.1. The van der Waals surface area contributed by atoms with Gasteiger partial charge in [0.2, 0.25) is 11.8 Å². The van der Waals surface area contributed by atoms with Gasteiger partial charge in [-0.2, -0.15) is 0 Å². The van der Waals surface area contributed by atoms with Crippen molar-refractivity contribution in [2.45, 2.75) is 56.9 Å². The number of ketones is 1. The summed E-state index contributed by atoms with van der Waals surface area (Å²) in [6.07, 6.45) is 10.6. The molecule has 1 unspecified atom stereocenters. The molecule has 4 rings (SSSR count). The third kappa shape index (κ3) is 4.71. The van der Waals surface area contributed by atoms with Crippen LogP contribution in [0.25, 0.3) is 11.3 Å². The van der Waals surface area contributed by atoms with Crippen LogP contribution in [0.4, 0.5) is 0 Å². The van der Waals surface area contributed by atoms with Crippen LogP contribution in [0.2, 0.25) is 0 Å². The second kappa shape index (κ2) is 9.76. The van der Waals surface area contributed by atoms with Crippen molar-refractivity contribution in [1.29, 1.82) is 0 Å². The van der Waals surface area contributed by atoms with Crippen LogP contribution in [0, 0.1) is 0 Å². The van der Waals surface area contributed by atoms with Gasteiger partial charge in [0.15, 0.2) is 5.78 Å². The average molecular weight is 438 g/mol. The number of amides is 1. The van der Waals surface area contributed by atoms with E-state index in [2.05, 4.69) is 25.4 Å². The summed E-state index contributed by atoms with van der Waals surface area (Å²) in [6, 6.07) is 5.35. The molecule has 32 heavy (non-hydrogen) atoms. The maximum absolute atomic E-state index is 12.3. The topological polar surface area (TPSA) is 123 Å². The van der Waals surface area contributed by atoms with Gasteiger partial charge in [-0.1, -0.05) is 18.0 Å². The summed E-state index contributed by atoms with van der Waals surface area (Å²) in [7, 11) is 1.58. The number of H-pyrrole nitrogens is 1. The number of methoxy groups -OCH3 is 1. The molecule has 3 aromatic rings. The first-order valence-electron chi connectivity index (χ1n) is 10.9. The Kier molecular flexibility index (Phi) is 6.63. The van der Waals surface area contributed by atoms with E-state index < -0.39 is 5.54 Å². The number of hydrogen-bond acceptors (Lipinski definition) is 7. The summed E-state index contributed by atoms with van der Waals surface area (Å²) in [5.74, 6) is 1.28. The number of imidazole rings is 1. The van der Waals surface area contributed by atoms with Crippen LogP contribution in [-0.4, -0.2) is 38.9 Å². The number of aromatic amines is 1. The van der Waals surface area contributed by atoms with Crippen LogP contribution >= 0.6 is 0 Å². The number of unbranched alkanes of at least 4 members (excludes halogenated alkanes) is 2. The number of Topliss-reactive ketones (excluding diaryl/α,β-unsaturated/α-hetero) is 1. The molecule has 4 heterocycles. The molecule has 0 aliphatic carbocycles. The number of rotatable bonds is 10. The third-order valence-electron chi connectivity index (χ3n) is 5.90. The molecule has 2 N–H and O–H groups in total. The molecule has 0 radical (unpaired) electrons. The van der Waals surface area contributed by atoms with E-state index in [1.165, 1.54) is 6.26 Å². The number of pyridine rings is 1. The van der Waals surface area contributed by atoms with Crippen molar-refractivity contribution >= 4 is 11.7 Å². The molecule has 1 atom stereocenters. The molecule has 1 aliphatic heterocycles. The molecule has 0 bridgehead atoms. The second-order valence-corrected chi connectivity index (χ2v) is 8.06.